The summed E-state index contributed by atoms with van der Waals surface area (Å²) in [5.41, 5.74) is 0. The molecule has 0 aromatic carbocycles. The van der Waals surface area contributed by atoms with Crippen LogP contribution in [0.25, 0.3) is 0 Å². The van der Waals surface area contributed by atoms with Gasteiger partial charge in [0.2, 0.25) is 0 Å². The fourth-order valence-corrected chi connectivity index (χ4v) is 4.78. The van der Waals surface area contributed by atoms with Crippen LogP contribution in [0, 0.1) is 0 Å². The largest absolute Gasteiger partial charge is 0.337 e. The molecule has 1 atom stereocenters. The molecule has 2 aliphatic heterocycles. The molecule has 0 aliphatic carbocycles. The number of imidazole rings is 1. The van der Waals surface area contributed by atoms with E-state index < -0.39 is 10.2 Å². The molecule has 0 amide bonds. The van der Waals surface area contributed by atoms with Crippen LogP contribution < -0.4 is 5.32 Å². The van der Waals surface area contributed by atoms with Crippen LogP contribution in [-0.4, -0.2) is 59.3 Å². The SMILES string of the molecule is Cl.Cn1ccnc1C1CNCCN1S(=O)(=O)N1CCCC1. The molecule has 1 unspecified atom stereocenters. The van der Waals surface area contributed by atoms with Crippen molar-refractivity contribution in [1.29, 1.82) is 0 Å². The van der Waals surface area contributed by atoms with Crippen molar-refractivity contribution in [3.8, 4) is 0 Å². The number of hydrogen-bond donors (Lipinski definition) is 1. The molecule has 3 heterocycles. The quantitative estimate of drug-likeness (QED) is 0.852. The van der Waals surface area contributed by atoms with Gasteiger partial charge in [-0.1, -0.05) is 0 Å². The van der Waals surface area contributed by atoms with Gasteiger partial charge in [0.25, 0.3) is 10.2 Å². The second kappa shape index (κ2) is 6.62. The Kier molecular flexibility index (Phi) is 5.26. The molecule has 9 heteroatoms. The van der Waals surface area contributed by atoms with E-state index in [9.17, 15) is 8.42 Å². The molecule has 2 aliphatic rings. The van der Waals surface area contributed by atoms with Crippen LogP contribution in [0.1, 0.15) is 24.7 Å². The van der Waals surface area contributed by atoms with Crippen LogP contribution in [0.5, 0.6) is 0 Å². The van der Waals surface area contributed by atoms with E-state index in [0.717, 1.165) is 18.7 Å². The minimum absolute atomic E-state index is 0. The van der Waals surface area contributed by atoms with Crippen LogP contribution in [0.3, 0.4) is 0 Å². The van der Waals surface area contributed by atoms with E-state index in [4.69, 9.17) is 0 Å². The van der Waals surface area contributed by atoms with Gasteiger partial charge in [-0.05, 0) is 12.8 Å². The number of aryl methyl sites for hydroxylation is 1. The molecule has 1 aromatic heterocycles. The monoisotopic (exact) mass is 335 g/mol. The smallest absolute Gasteiger partial charge is 0.282 e. The third kappa shape index (κ3) is 3.09. The van der Waals surface area contributed by atoms with Crippen molar-refractivity contribution < 1.29 is 8.42 Å². The lowest BCUT2D eigenvalue weighted by atomic mass is 10.2. The van der Waals surface area contributed by atoms with Gasteiger partial charge in [0.15, 0.2) is 0 Å². The third-order valence-corrected chi connectivity index (χ3v) is 6.09. The molecule has 3 rings (SSSR count). The minimum atomic E-state index is -3.38. The Labute approximate surface area is 131 Å². The average Bonchev–Trinajstić information content (AvgIpc) is 3.10. The van der Waals surface area contributed by atoms with Gasteiger partial charge in [0, 0.05) is 52.2 Å². The summed E-state index contributed by atoms with van der Waals surface area (Å²) in [5, 5.41) is 3.27. The zero-order valence-corrected chi connectivity index (χ0v) is 13.7. The fraction of sp³-hybridized carbons (Fsp3) is 0.750. The van der Waals surface area contributed by atoms with Crippen molar-refractivity contribution in [3.63, 3.8) is 0 Å². The van der Waals surface area contributed by atoms with E-state index in [2.05, 4.69) is 10.3 Å². The molecule has 7 nitrogen and oxygen atoms in total. The molecule has 1 N–H and O–H groups in total. The highest BCUT2D eigenvalue weighted by atomic mass is 35.5. The second-order valence-corrected chi connectivity index (χ2v) is 7.22. The summed E-state index contributed by atoms with van der Waals surface area (Å²) in [4.78, 5) is 4.33. The van der Waals surface area contributed by atoms with Crippen molar-refractivity contribution in [2.45, 2.75) is 18.9 Å². The normalized spacial score (nSPS) is 24.9. The van der Waals surface area contributed by atoms with E-state index in [1.807, 2.05) is 17.8 Å². The van der Waals surface area contributed by atoms with E-state index in [0.29, 0.717) is 32.7 Å². The number of halogens is 1. The van der Waals surface area contributed by atoms with Gasteiger partial charge in [-0.3, -0.25) is 0 Å². The summed E-state index contributed by atoms with van der Waals surface area (Å²) in [5.74, 6) is 0.792. The molecule has 1 aromatic rings. The fourth-order valence-electron chi connectivity index (χ4n) is 2.95. The first kappa shape index (κ1) is 16.7. The first-order valence-corrected chi connectivity index (χ1v) is 8.45. The first-order chi connectivity index (χ1) is 9.60. The van der Waals surface area contributed by atoms with Gasteiger partial charge >= 0.3 is 0 Å². The Bertz CT molecular complexity index is 570. The van der Waals surface area contributed by atoms with Crippen LogP contribution in [0.2, 0.25) is 0 Å². The summed E-state index contributed by atoms with van der Waals surface area (Å²) >= 11 is 0. The van der Waals surface area contributed by atoms with Crippen molar-refractivity contribution in [2.75, 3.05) is 32.7 Å². The Morgan fingerprint density at radius 1 is 1.29 bits per heavy atom. The maximum atomic E-state index is 12.8. The highest BCUT2D eigenvalue weighted by Crippen LogP contribution is 2.27. The number of rotatable bonds is 3. The minimum Gasteiger partial charge on any atom is -0.337 e. The summed E-state index contributed by atoms with van der Waals surface area (Å²) in [6.07, 6.45) is 5.48. The molecule has 2 fully saturated rings. The third-order valence-electron chi connectivity index (χ3n) is 4.04. The molecule has 0 radical (unpaired) electrons. The highest BCUT2D eigenvalue weighted by molar-refractivity contribution is 7.86. The van der Waals surface area contributed by atoms with E-state index in [1.54, 1.807) is 14.8 Å². The summed E-state index contributed by atoms with van der Waals surface area (Å²) in [6.45, 7) is 3.07. The summed E-state index contributed by atoms with van der Waals surface area (Å²) < 4.78 is 30.7. The van der Waals surface area contributed by atoms with Crippen molar-refractivity contribution in [2.24, 2.45) is 7.05 Å². The standard InChI is InChI=1S/C12H21N5O2S.ClH/c1-15-8-5-14-12(15)11-10-13-4-9-17(11)20(18,19)16-6-2-3-7-16;/h5,8,11,13H,2-4,6-7,9-10H2,1H3;1H. The molecular formula is C12H22ClN5O2S. The Morgan fingerprint density at radius 2 is 2.00 bits per heavy atom. The van der Waals surface area contributed by atoms with Gasteiger partial charge in [-0.15, -0.1) is 12.4 Å². The first-order valence-electron chi connectivity index (χ1n) is 7.05. The lowest BCUT2D eigenvalue weighted by Crippen LogP contribution is -2.53. The van der Waals surface area contributed by atoms with Crippen LogP contribution >= 0.6 is 12.4 Å². The molecule has 2 saturated heterocycles. The predicted molar refractivity (Wildman–Crippen MR) is 82.5 cm³/mol. The van der Waals surface area contributed by atoms with Crippen LogP contribution in [-0.2, 0) is 17.3 Å². The summed E-state index contributed by atoms with van der Waals surface area (Å²) in [6, 6.07) is -0.227. The molecular weight excluding hydrogens is 314 g/mol. The Balaban J connectivity index is 0.00000161. The molecule has 120 valence electrons. The van der Waals surface area contributed by atoms with E-state index in [1.165, 1.54) is 0 Å². The number of nitrogens with one attached hydrogen (secondary N) is 1. The lowest BCUT2D eigenvalue weighted by molar-refractivity contribution is 0.241. The highest BCUT2D eigenvalue weighted by Gasteiger charge is 2.39. The number of piperazine rings is 1. The van der Waals surface area contributed by atoms with Crippen molar-refractivity contribution in [3.05, 3.63) is 18.2 Å². The topological polar surface area (TPSA) is 70.5 Å². The Hall–Kier alpha value is -0.670. The van der Waals surface area contributed by atoms with Gasteiger partial charge in [0.1, 0.15) is 5.82 Å². The van der Waals surface area contributed by atoms with Gasteiger partial charge in [-0.25, -0.2) is 4.98 Å². The molecule has 0 bridgehead atoms. The zero-order valence-electron chi connectivity index (χ0n) is 12.1. The number of nitrogens with zero attached hydrogens (tertiary/aromatic N) is 4. The average molecular weight is 336 g/mol. The maximum Gasteiger partial charge on any atom is 0.282 e. The predicted octanol–water partition coefficient (Wildman–Crippen LogP) is 0.129. The second-order valence-electron chi connectivity index (χ2n) is 5.34. The molecule has 0 saturated carbocycles. The number of hydrogen-bond acceptors (Lipinski definition) is 4. The Morgan fingerprint density at radius 3 is 2.62 bits per heavy atom. The van der Waals surface area contributed by atoms with Gasteiger partial charge in [-0.2, -0.15) is 17.0 Å². The molecule has 21 heavy (non-hydrogen) atoms. The van der Waals surface area contributed by atoms with Gasteiger partial charge < -0.3 is 9.88 Å². The van der Waals surface area contributed by atoms with Crippen molar-refractivity contribution >= 4 is 22.6 Å². The van der Waals surface area contributed by atoms with Gasteiger partial charge in [0.05, 0.1) is 6.04 Å². The van der Waals surface area contributed by atoms with Crippen molar-refractivity contribution in [1.82, 2.24) is 23.5 Å². The number of aromatic nitrogens is 2. The zero-order chi connectivity index (χ0) is 14.2. The maximum absolute atomic E-state index is 12.8. The van der Waals surface area contributed by atoms with E-state index in [-0.39, 0.29) is 18.4 Å². The molecule has 0 spiro atoms. The lowest BCUT2D eigenvalue weighted by Gasteiger charge is -2.36. The van der Waals surface area contributed by atoms with Crippen LogP contribution in [0.15, 0.2) is 12.4 Å². The summed E-state index contributed by atoms with van der Waals surface area (Å²) in [7, 11) is -1.48. The van der Waals surface area contributed by atoms with E-state index >= 15 is 0 Å². The van der Waals surface area contributed by atoms with Crippen LogP contribution in [0.4, 0.5) is 0 Å².